The monoisotopic (exact) mass is 165 g/mol. The Morgan fingerprint density at radius 2 is 2.08 bits per heavy atom. The van der Waals surface area contributed by atoms with Gasteiger partial charge in [0.1, 0.15) is 5.75 Å². The van der Waals surface area contributed by atoms with Crippen LogP contribution in [-0.2, 0) is 6.42 Å². The van der Waals surface area contributed by atoms with Gasteiger partial charge in [-0.25, -0.2) is 0 Å². The van der Waals surface area contributed by atoms with Crippen LogP contribution < -0.4 is 5.73 Å². The number of aryl methyl sites for hydroxylation is 1. The van der Waals surface area contributed by atoms with Crippen LogP contribution >= 0.6 is 0 Å². The third kappa shape index (κ3) is 2.55. The Hall–Kier alpha value is -1.02. The molecule has 1 aromatic rings. The van der Waals surface area contributed by atoms with Crippen LogP contribution in [-0.4, -0.2) is 11.1 Å². The lowest BCUT2D eigenvalue weighted by Crippen LogP contribution is -2.15. The Morgan fingerprint density at radius 1 is 1.42 bits per heavy atom. The van der Waals surface area contributed by atoms with Crippen LogP contribution in [0.3, 0.4) is 0 Å². The van der Waals surface area contributed by atoms with Crippen molar-refractivity contribution in [3.63, 3.8) is 0 Å². The van der Waals surface area contributed by atoms with E-state index in [2.05, 4.69) is 0 Å². The molecule has 1 unspecified atom stereocenters. The number of para-hydroxylation sites is 1. The quantitative estimate of drug-likeness (QED) is 0.715. The molecular formula is C10H15NO. The second-order valence-corrected chi connectivity index (χ2v) is 3.14. The maximum absolute atomic E-state index is 9.38. The highest BCUT2D eigenvalue weighted by Crippen LogP contribution is 2.17. The number of nitrogens with two attached hydrogens (primary N) is 1. The van der Waals surface area contributed by atoms with E-state index in [1.54, 1.807) is 6.07 Å². The van der Waals surface area contributed by atoms with Gasteiger partial charge in [-0.2, -0.15) is 0 Å². The highest BCUT2D eigenvalue weighted by atomic mass is 16.3. The molecule has 1 rings (SSSR count). The number of phenolic OH excluding ortho intramolecular Hbond substituents is 1. The molecule has 0 amide bonds. The largest absolute Gasteiger partial charge is 0.508 e. The average Bonchev–Trinajstić information content (AvgIpc) is 2.03. The molecule has 2 heteroatoms. The van der Waals surface area contributed by atoms with Crippen LogP contribution in [0.1, 0.15) is 18.9 Å². The summed E-state index contributed by atoms with van der Waals surface area (Å²) in [5, 5.41) is 9.38. The van der Waals surface area contributed by atoms with Gasteiger partial charge in [0.15, 0.2) is 0 Å². The molecule has 0 radical (unpaired) electrons. The lowest BCUT2D eigenvalue weighted by molar-refractivity contribution is 0.466. The minimum atomic E-state index is 0.199. The highest BCUT2D eigenvalue weighted by molar-refractivity contribution is 5.31. The molecule has 0 aromatic heterocycles. The van der Waals surface area contributed by atoms with Crippen molar-refractivity contribution in [2.75, 3.05) is 0 Å². The Balaban J connectivity index is 2.57. The van der Waals surface area contributed by atoms with E-state index >= 15 is 0 Å². The maximum Gasteiger partial charge on any atom is 0.118 e. The fourth-order valence-corrected chi connectivity index (χ4v) is 1.11. The molecule has 0 bridgehead atoms. The van der Waals surface area contributed by atoms with Crippen LogP contribution in [0.25, 0.3) is 0 Å². The van der Waals surface area contributed by atoms with E-state index in [0.717, 1.165) is 18.4 Å². The summed E-state index contributed by atoms with van der Waals surface area (Å²) in [4.78, 5) is 0. The number of aromatic hydroxyl groups is 1. The van der Waals surface area contributed by atoms with E-state index < -0.39 is 0 Å². The molecular weight excluding hydrogens is 150 g/mol. The standard InChI is InChI=1S/C10H15NO/c1-8(11)6-7-9-4-2-3-5-10(9)12/h2-5,8,12H,6-7,11H2,1H3. The van der Waals surface area contributed by atoms with Crippen molar-refractivity contribution in [3.8, 4) is 5.75 Å². The fourth-order valence-electron chi connectivity index (χ4n) is 1.11. The Morgan fingerprint density at radius 3 is 2.67 bits per heavy atom. The molecule has 1 aromatic carbocycles. The molecule has 0 heterocycles. The predicted octanol–water partition coefficient (Wildman–Crippen LogP) is 1.67. The topological polar surface area (TPSA) is 46.2 Å². The second kappa shape index (κ2) is 4.12. The summed E-state index contributed by atoms with van der Waals surface area (Å²) in [6, 6.07) is 7.58. The average molecular weight is 165 g/mol. The summed E-state index contributed by atoms with van der Waals surface area (Å²) >= 11 is 0. The van der Waals surface area contributed by atoms with Gasteiger partial charge < -0.3 is 10.8 Å². The lowest BCUT2D eigenvalue weighted by Gasteiger charge is -2.05. The van der Waals surface area contributed by atoms with Crippen molar-refractivity contribution >= 4 is 0 Å². The molecule has 3 N–H and O–H groups in total. The molecule has 0 aliphatic heterocycles. The van der Waals surface area contributed by atoms with Crippen LogP contribution in [0.4, 0.5) is 0 Å². The van der Waals surface area contributed by atoms with Crippen LogP contribution in [0.15, 0.2) is 24.3 Å². The number of rotatable bonds is 3. The van der Waals surface area contributed by atoms with Crippen molar-refractivity contribution in [1.82, 2.24) is 0 Å². The van der Waals surface area contributed by atoms with E-state index in [0.29, 0.717) is 5.75 Å². The minimum absolute atomic E-state index is 0.199. The van der Waals surface area contributed by atoms with Crippen molar-refractivity contribution < 1.29 is 5.11 Å². The number of hydrogen-bond donors (Lipinski definition) is 2. The van der Waals surface area contributed by atoms with Gasteiger partial charge >= 0.3 is 0 Å². The summed E-state index contributed by atoms with van der Waals surface area (Å²) in [5.74, 6) is 0.373. The van der Waals surface area contributed by atoms with E-state index in [-0.39, 0.29) is 6.04 Å². The van der Waals surface area contributed by atoms with Gasteiger partial charge in [-0.1, -0.05) is 18.2 Å². The fraction of sp³-hybridized carbons (Fsp3) is 0.400. The van der Waals surface area contributed by atoms with Gasteiger partial charge in [-0.3, -0.25) is 0 Å². The first-order valence-electron chi connectivity index (χ1n) is 4.22. The van der Waals surface area contributed by atoms with E-state index in [1.807, 2.05) is 25.1 Å². The molecule has 2 nitrogen and oxygen atoms in total. The molecule has 0 saturated carbocycles. The number of benzene rings is 1. The minimum Gasteiger partial charge on any atom is -0.508 e. The van der Waals surface area contributed by atoms with Crippen LogP contribution in [0.2, 0.25) is 0 Å². The Labute approximate surface area is 73.0 Å². The summed E-state index contributed by atoms with van der Waals surface area (Å²) in [6.45, 7) is 1.97. The summed E-state index contributed by atoms with van der Waals surface area (Å²) in [5.41, 5.74) is 6.59. The first-order chi connectivity index (χ1) is 5.70. The summed E-state index contributed by atoms with van der Waals surface area (Å²) in [6.07, 6.45) is 1.77. The molecule has 1 atom stereocenters. The van der Waals surface area contributed by atoms with Crippen molar-refractivity contribution in [2.24, 2.45) is 5.73 Å². The van der Waals surface area contributed by atoms with Crippen molar-refractivity contribution in [1.29, 1.82) is 0 Å². The SMILES string of the molecule is CC(N)CCc1ccccc1O. The van der Waals surface area contributed by atoms with Crippen LogP contribution in [0.5, 0.6) is 5.75 Å². The normalized spacial score (nSPS) is 12.8. The Kier molecular flexibility index (Phi) is 3.11. The summed E-state index contributed by atoms with van der Waals surface area (Å²) in [7, 11) is 0. The molecule has 66 valence electrons. The highest BCUT2D eigenvalue weighted by Gasteiger charge is 2.00. The smallest absolute Gasteiger partial charge is 0.118 e. The molecule has 0 spiro atoms. The molecule has 12 heavy (non-hydrogen) atoms. The lowest BCUT2D eigenvalue weighted by atomic mass is 10.1. The van der Waals surface area contributed by atoms with Gasteiger partial charge in [-0.15, -0.1) is 0 Å². The van der Waals surface area contributed by atoms with Gasteiger partial charge in [-0.05, 0) is 31.4 Å². The summed E-state index contributed by atoms with van der Waals surface area (Å²) < 4.78 is 0. The molecule has 0 aliphatic carbocycles. The van der Waals surface area contributed by atoms with Crippen LogP contribution in [0, 0.1) is 0 Å². The zero-order chi connectivity index (χ0) is 8.97. The third-order valence-electron chi connectivity index (χ3n) is 1.86. The third-order valence-corrected chi connectivity index (χ3v) is 1.86. The van der Waals surface area contributed by atoms with Gasteiger partial charge in [0.25, 0.3) is 0 Å². The number of hydrogen-bond acceptors (Lipinski definition) is 2. The Bertz CT molecular complexity index is 245. The van der Waals surface area contributed by atoms with E-state index in [9.17, 15) is 5.11 Å². The molecule has 0 saturated heterocycles. The van der Waals surface area contributed by atoms with Crippen molar-refractivity contribution in [2.45, 2.75) is 25.8 Å². The maximum atomic E-state index is 9.38. The van der Waals surface area contributed by atoms with E-state index in [4.69, 9.17) is 5.73 Å². The first-order valence-corrected chi connectivity index (χ1v) is 4.22. The van der Waals surface area contributed by atoms with Gasteiger partial charge in [0, 0.05) is 6.04 Å². The molecule has 0 aliphatic rings. The first kappa shape index (κ1) is 9.07. The van der Waals surface area contributed by atoms with Gasteiger partial charge in [0.05, 0.1) is 0 Å². The van der Waals surface area contributed by atoms with Gasteiger partial charge in [0.2, 0.25) is 0 Å². The predicted molar refractivity (Wildman–Crippen MR) is 50.1 cm³/mol. The number of phenols is 1. The van der Waals surface area contributed by atoms with E-state index in [1.165, 1.54) is 0 Å². The van der Waals surface area contributed by atoms with Crippen molar-refractivity contribution in [3.05, 3.63) is 29.8 Å². The second-order valence-electron chi connectivity index (χ2n) is 3.14. The zero-order valence-corrected chi connectivity index (χ0v) is 7.33. The molecule has 0 fully saturated rings. The zero-order valence-electron chi connectivity index (χ0n) is 7.33.